The van der Waals surface area contributed by atoms with E-state index < -0.39 is 30.7 Å². The second-order valence-corrected chi connectivity index (χ2v) is 4.34. The maximum absolute atomic E-state index is 9.72. The summed E-state index contributed by atoms with van der Waals surface area (Å²) in [6.07, 6.45) is -3.57. The van der Waals surface area contributed by atoms with Gasteiger partial charge in [0.2, 0.25) is 5.79 Å². The molecule has 6 nitrogen and oxygen atoms in total. The van der Waals surface area contributed by atoms with Crippen molar-refractivity contribution >= 4 is 5.69 Å². The van der Waals surface area contributed by atoms with Crippen LogP contribution in [0, 0.1) is 0 Å². The smallest absolute Gasteiger partial charge is 0.219 e. The number of benzene rings is 1. The van der Waals surface area contributed by atoms with Crippen LogP contribution in [-0.4, -0.2) is 57.7 Å². The van der Waals surface area contributed by atoms with Crippen LogP contribution in [0.2, 0.25) is 0 Å². The van der Waals surface area contributed by atoms with Crippen molar-refractivity contribution in [1.29, 1.82) is 0 Å². The van der Waals surface area contributed by atoms with E-state index in [1.165, 1.54) is 0 Å². The third-order valence-corrected chi connectivity index (χ3v) is 3.03. The molecule has 4 atom stereocenters. The monoisotopic (exact) mass is 255 g/mol. The van der Waals surface area contributed by atoms with Gasteiger partial charge in [0.05, 0.1) is 6.61 Å². The highest BCUT2D eigenvalue weighted by atomic mass is 16.7. The fourth-order valence-corrected chi connectivity index (χ4v) is 1.94. The van der Waals surface area contributed by atoms with E-state index in [2.05, 4.69) is 5.32 Å². The molecule has 1 heterocycles. The van der Waals surface area contributed by atoms with Crippen LogP contribution in [0.3, 0.4) is 0 Å². The fraction of sp³-hybridized carbons (Fsp3) is 0.500. The highest BCUT2D eigenvalue weighted by Crippen LogP contribution is 2.29. The SMILES string of the molecule is OC[C@]1(O)O[C@H](CNc2ccccc2)[C@H](O)[C@H]1O. The molecule has 1 aromatic rings. The van der Waals surface area contributed by atoms with E-state index in [0.29, 0.717) is 0 Å². The summed E-state index contributed by atoms with van der Waals surface area (Å²) in [5.41, 5.74) is 0.835. The van der Waals surface area contributed by atoms with Crippen molar-refractivity contribution in [2.75, 3.05) is 18.5 Å². The van der Waals surface area contributed by atoms with Crippen LogP contribution in [0.5, 0.6) is 0 Å². The Bertz CT molecular complexity index is 387. The summed E-state index contributed by atoms with van der Waals surface area (Å²) in [6.45, 7) is -0.558. The highest BCUT2D eigenvalue weighted by Gasteiger charge is 2.52. The number of nitrogens with one attached hydrogen (secondary N) is 1. The van der Waals surface area contributed by atoms with Gasteiger partial charge in [-0.25, -0.2) is 0 Å². The van der Waals surface area contributed by atoms with Crippen molar-refractivity contribution in [3.8, 4) is 0 Å². The average molecular weight is 255 g/mol. The van der Waals surface area contributed by atoms with E-state index in [1.54, 1.807) is 0 Å². The Morgan fingerprint density at radius 1 is 1.22 bits per heavy atom. The average Bonchev–Trinajstić information content (AvgIpc) is 2.63. The standard InChI is InChI=1S/C12H17NO5/c14-7-12(17)11(16)10(15)9(18-12)6-13-8-4-2-1-3-5-8/h1-5,9-11,13-17H,6-7H2/t9-,10+,11-,12+/m1/s1. The number of anilines is 1. The molecule has 100 valence electrons. The van der Waals surface area contributed by atoms with E-state index in [0.717, 1.165) is 5.69 Å². The number of aliphatic hydroxyl groups excluding tert-OH is 3. The molecule has 1 aliphatic heterocycles. The van der Waals surface area contributed by atoms with Crippen molar-refractivity contribution in [2.45, 2.75) is 24.1 Å². The molecule has 1 aromatic carbocycles. The number of aliphatic hydroxyl groups is 4. The van der Waals surface area contributed by atoms with Crippen molar-refractivity contribution in [3.05, 3.63) is 30.3 Å². The van der Waals surface area contributed by atoms with Crippen molar-refractivity contribution in [1.82, 2.24) is 0 Å². The molecule has 0 bridgehead atoms. The summed E-state index contributed by atoms with van der Waals surface area (Å²) in [4.78, 5) is 0. The molecule has 5 N–H and O–H groups in total. The van der Waals surface area contributed by atoms with E-state index in [1.807, 2.05) is 30.3 Å². The Kier molecular flexibility index (Phi) is 3.84. The van der Waals surface area contributed by atoms with Crippen molar-refractivity contribution in [2.24, 2.45) is 0 Å². The molecule has 0 aliphatic carbocycles. The van der Waals surface area contributed by atoms with Crippen molar-refractivity contribution < 1.29 is 25.2 Å². The number of hydrogen-bond acceptors (Lipinski definition) is 6. The van der Waals surface area contributed by atoms with Crippen LogP contribution in [0.4, 0.5) is 5.69 Å². The molecular formula is C12H17NO5. The fourth-order valence-electron chi connectivity index (χ4n) is 1.94. The normalized spacial score (nSPS) is 35.7. The Hall–Kier alpha value is -1.18. The van der Waals surface area contributed by atoms with E-state index in [-0.39, 0.29) is 6.54 Å². The maximum atomic E-state index is 9.72. The Labute approximate surface area is 104 Å². The number of ether oxygens (including phenoxy) is 1. The lowest BCUT2D eigenvalue weighted by atomic mass is 10.1. The van der Waals surface area contributed by atoms with Gasteiger partial charge in [0.1, 0.15) is 18.3 Å². The minimum atomic E-state index is -2.09. The van der Waals surface area contributed by atoms with Crippen LogP contribution < -0.4 is 5.32 Å². The largest absolute Gasteiger partial charge is 0.391 e. The van der Waals surface area contributed by atoms with Crippen LogP contribution in [0.25, 0.3) is 0 Å². The molecule has 0 saturated carbocycles. The summed E-state index contributed by atoms with van der Waals surface area (Å²) in [5.74, 6) is -2.09. The minimum Gasteiger partial charge on any atom is -0.391 e. The summed E-state index contributed by atoms with van der Waals surface area (Å²) in [5, 5.41) is 40.9. The summed E-state index contributed by atoms with van der Waals surface area (Å²) >= 11 is 0. The maximum Gasteiger partial charge on any atom is 0.219 e. The van der Waals surface area contributed by atoms with Gasteiger partial charge in [0.25, 0.3) is 0 Å². The van der Waals surface area contributed by atoms with Gasteiger partial charge < -0.3 is 30.5 Å². The van der Waals surface area contributed by atoms with Gasteiger partial charge in [-0.15, -0.1) is 0 Å². The van der Waals surface area contributed by atoms with Crippen LogP contribution in [0.15, 0.2) is 30.3 Å². The van der Waals surface area contributed by atoms with E-state index in [9.17, 15) is 15.3 Å². The van der Waals surface area contributed by atoms with Gasteiger partial charge in [0, 0.05) is 12.2 Å². The Morgan fingerprint density at radius 2 is 1.89 bits per heavy atom. The molecule has 18 heavy (non-hydrogen) atoms. The molecule has 1 aliphatic rings. The van der Waals surface area contributed by atoms with Gasteiger partial charge in [-0.2, -0.15) is 0 Å². The topological polar surface area (TPSA) is 102 Å². The second-order valence-electron chi connectivity index (χ2n) is 4.34. The van der Waals surface area contributed by atoms with Crippen LogP contribution >= 0.6 is 0 Å². The number of hydrogen-bond donors (Lipinski definition) is 5. The Balaban J connectivity index is 1.95. The summed E-state index contributed by atoms with van der Waals surface area (Å²) < 4.78 is 5.09. The molecule has 0 unspecified atom stereocenters. The van der Waals surface area contributed by atoms with Crippen LogP contribution in [0.1, 0.15) is 0 Å². The number of para-hydroxylation sites is 1. The van der Waals surface area contributed by atoms with Gasteiger partial charge in [0.15, 0.2) is 0 Å². The first-order valence-electron chi connectivity index (χ1n) is 5.73. The van der Waals surface area contributed by atoms with Gasteiger partial charge >= 0.3 is 0 Å². The zero-order valence-corrected chi connectivity index (χ0v) is 9.73. The number of rotatable bonds is 4. The Morgan fingerprint density at radius 3 is 2.44 bits per heavy atom. The van der Waals surface area contributed by atoms with E-state index >= 15 is 0 Å². The molecule has 1 saturated heterocycles. The molecule has 1 fully saturated rings. The highest BCUT2D eigenvalue weighted by molar-refractivity contribution is 5.42. The first-order chi connectivity index (χ1) is 8.57. The first-order valence-corrected chi connectivity index (χ1v) is 5.73. The van der Waals surface area contributed by atoms with Crippen molar-refractivity contribution in [3.63, 3.8) is 0 Å². The minimum absolute atomic E-state index is 0.213. The molecule has 0 amide bonds. The first kappa shape index (κ1) is 13.3. The zero-order chi connectivity index (χ0) is 13.2. The third-order valence-electron chi connectivity index (χ3n) is 3.03. The quantitative estimate of drug-likeness (QED) is 0.468. The lowest BCUT2D eigenvalue weighted by Crippen LogP contribution is -2.46. The van der Waals surface area contributed by atoms with Gasteiger partial charge in [-0.3, -0.25) is 0 Å². The predicted octanol–water partition coefficient (Wildman–Crippen LogP) is -1.10. The van der Waals surface area contributed by atoms with Gasteiger partial charge in [-0.05, 0) is 12.1 Å². The lowest BCUT2D eigenvalue weighted by Gasteiger charge is -2.22. The second kappa shape index (κ2) is 5.21. The van der Waals surface area contributed by atoms with Crippen LogP contribution in [-0.2, 0) is 4.74 Å². The molecule has 6 heteroatoms. The molecule has 0 spiro atoms. The molecule has 0 aromatic heterocycles. The molecule has 2 rings (SSSR count). The molecule has 0 radical (unpaired) electrons. The summed E-state index contributed by atoms with van der Waals surface area (Å²) in [7, 11) is 0. The lowest BCUT2D eigenvalue weighted by molar-refractivity contribution is -0.244. The van der Waals surface area contributed by atoms with E-state index in [4.69, 9.17) is 9.84 Å². The predicted molar refractivity (Wildman–Crippen MR) is 63.9 cm³/mol. The van der Waals surface area contributed by atoms with Gasteiger partial charge in [-0.1, -0.05) is 18.2 Å². The summed E-state index contributed by atoms with van der Waals surface area (Å²) in [6, 6.07) is 9.27. The molecular weight excluding hydrogens is 238 g/mol. The third kappa shape index (κ3) is 2.47. The zero-order valence-electron chi connectivity index (χ0n) is 9.73.